The molecule has 4 aromatic carbocycles. The molecule has 41 heavy (non-hydrogen) atoms. The van der Waals surface area contributed by atoms with Crippen molar-refractivity contribution in [3.8, 4) is 0 Å². The molecule has 1 unspecified atom stereocenters. The van der Waals surface area contributed by atoms with Crippen molar-refractivity contribution >= 4 is 58.5 Å². The monoisotopic (exact) mass is 587 g/mol. The maximum Gasteiger partial charge on any atom is 0.272 e. The van der Waals surface area contributed by atoms with Gasteiger partial charge >= 0.3 is 0 Å². The lowest BCUT2D eigenvalue weighted by Crippen LogP contribution is -2.30. The molecule has 0 aromatic heterocycles. The molecule has 3 amide bonds. The fourth-order valence-corrected chi connectivity index (χ4v) is 4.78. The smallest absolute Gasteiger partial charge is 0.272 e. The normalized spacial score (nSPS) is 11.9. The Hall–Kier alpha value is -4.40. The number of carbonyl (C=O) groups is 3. The van der Waals surface area contributed by atoms with Crippen LogP contribution in [0.5, 0.6) is 0 Å². The standard InChI is InChI=1S/C32H27ClFN3O3S/c1-20-26(33)12-8-14-28(20)36-30(38)21(2)41-25-17-15-24(16-18-25)35-32(40)29(19-23-11-6-7-13-27(23)34)37-31(39)22-9-4-3-5-10-22/h3-19,21H,1-2H3,(H,35,40)(H,36,38)(H,37,39)/b29-19-. The molecule has 0 heterocycles. The molecule has 0 aliphatic rings. The van der Waals surface area contributed by atoms with Gasteiger partial charge in [0.25, 0.3) is 11.8 Å². The van der Waals surface area contributed by atoms with Crippen LogP contribution in [0, 0.1) is 12.7 Å². The van der Waals surface area contributed by atoms with Crippen LogP contribution in [-0.4, -0.2) is 23.0 Å². The van der Waals surface area contributed by atoms with Gasteiger partial charge in [0.2, 0.25) is 5.91 Å². The van der Waals surface area contributed by atoms with Crippen molar-refractivity contribution in [2.24, 2.45) is 0 Å². The highest BCUT2D eigenvalue weighted by Crippen LogP contribution is 2.28. The molecule has 0 fully saturated rings. The maximum atomic E-state index is 14.3. The van der Waals surface area contributed by atoms with E-state index in [-0.39, 0.29) is 17.2 Å². The minimum absolute atomic E-state index is 0.121. The maximum absolute atomic E-state index is 14.3. The molecule has 9 heteroatoms. The SMILES string of the molecule is Cc1c(Cl)cccc1NC(=O)C(C)Sc1ccc(NC(=O)/C(=C/c2ccccc2F)NC(=O)c2ccccc2)cc1. The van der Waals surface area contributed by atoms with Crippen molar-refractivity contribution in [3.05, 3.63) is 130 Å². The third kappa shape index (κ3) is 8.06. The summed E-state index contributed by atoms with van der Waals surface area (Å²) in [6.07, 6.45) is 1.29. The van der Waals surface area contributed by atoms with Gasteiger partial charge in [-0.15, -0.1) is 11.8 Å². The summed E-state index contributed by atoms with van der Waals surface area (Å²) in [5, 5.41) is 8.41. The van der Waals surface area contributed by atoms with E-state index in [1.807, 2.05) is 6.92 Å². The number of thioether (sulfide) groups is 1. The topological polar surface area (TPSA) is 87.3 Å². The van der Waals surface area contributed by atoms with E-state index in [9.17, 15) is 18.8 Å². The molecule has 4 aromatic rings. The average Bonchev–Trinajstić information content (AvgIpc) is 2.97. The number of nitrogens with one attached hydrogen (secondary N) is 3. The molecule has 6 nitrogen and oxygen atoms in total. The van der Waals surface area contributed by atoms with Crippen LogP contribution in [0.15, 0.2) is 108 Å². The van der Waals surface area contributed by atoms with Crippen molar-refractivity contribution in [1.82, 2.24) is 5.32 Å². The highest BCUT2D eigenvalue weighted by atomic mass is 35.5. The Kier molecular flexibility index (Phi) is 9.95. The van der Waals surface area contributed by atoms with Crippen molar-refractivity contribution in [3.63, 3.8) is 0 Å². The summed E-state index contributed by atoms with van der Waals surface area (Å²) in [4.78, 5) is 39.5. The zero-order valence-electron chi connectivity index (χ0n) is 22.3. The van der Waals surface area contributed by atoms with Gasteiger partial charge in [-0.05, 0) is 80.1 Å². The van der Waals surface area contributed by atoms with Gasteiger partial charge in [-0.2, -0.15) is 0 Å². The van der Waals surface area contributed by atoms with Crippen LogP contribution in [0.2, 0.25) is 5.02 Å². The first-order valence-electron chi connectivity index (χ1n) is 12.7. The lowest BCUT2D eigenvalue weighted by Gasteiger charge is -2.15. The lowest BCUT2D eigenvalue weighted by molar-refractivity contribution is -0.115. The second kappa shape index (κ2) is 13.8. The Balaban J connectivity index is 1.44. The highest BCUT2D eigenvalue weighted by Gasteiger charge is 2.18. The minimum atomic E-state index is -0.623. The summed E-state index contributed by atoms with van der Waals surface area (Å²) in [7, 11) is 0. The lowest BCUT2D eigenvalue weighted by atomic mass is 10.1. The van der Waals surface area contributed by atoms with Crippen LogP contribution in [0.1, 0.15) is 28.4 Å². The molecule has 208 valence electrons. The van der Waals surface area contributed by atoms with E-state index in [1.165, 1.54) is 36.0 Å². The molecular formula is C32H27ClFN3O3S. The van der Waals surface area contributed by atoms with E-state index in [0.717, 1.165) is 10.5 Å². The van der Waals surface area contributed by atoms with E-state index in [1.54, 1.807) is 85.8 Å². The number of anilines is 2. The number of halogens is 2. The van der Waals surface area contributed by atoms with Crippen molar-refractivity contribution < 1.29 is 18.8 Å². The van der Waals surface area contributed by atoms with Gasteiger partial charge in [-0.3, -0.25) is 14.4 Å². The third-order valence-electron chi connectivity index (χ3n) is 6.05. The van der Waals surface area contributed by atoms with Gasteiger partial charge in [0.1, 0.15) is 11.5 Å². The first kappa shape index (κ1) is 29.6. The Morgan fingerprint density at radius 3 is 2.24 bits per heavy atom. The molecule has 1 atom stereocenters. The Bertz CT molecular complexity index is 1590. The van der Waals surface area contributed by atoms with Crippen LogP contribution in [-0.2, 0) is 9.59 Å². The fraction of sp³-hybridized carbons (Fsp3) is 0.0938. The molecule has 4 rings (SSSR count). The summed E-state index contributed by atoms with van der Waals surface area (Å²) in [6, 6.07) is 26.6. The van der Waals surface area contributed by atoms with Gasteiger partial charge in [0.15, 0.2) is 0 Å². The molecule has 0 spiro atoms. The number of hydrogen-bond acceptors (Lipinski definition) is 4. The summed E-state index contributed by atoms with van der Waals surface area (Å²) in [5.41, 5.74) is 2.29. The van der Waals surface area contributed by atoms with E-state index in [2.05, 4.69) is 16.0 Å². The van der Waals surface area contributed by atoms with Crippen LogP contribution in [0.25, 0.3) is 6.08 Å². The van der Waals surface area contributed by atoms with Crippen LogP contribution < -0.4 is 16.0 Å². The summed E-state index contributed by atoms with van der Waals surface area (Å²) in [5.74, 6) is -1.83. The van der Waals surface area contributed by atoms with Gasteiger partial charge in [0.05, 0.1) is 5.25 Å². The van der Waals surface area contributed by atoms with E-state index < -0.39 is 22.9 Å². The van der Waals surface area contributed by atoms with Crippen LogP contribution in [0.3, 0.4) is 0 Å². The Morgan fingerprint density at radius 1 is 0.854 bits per heavy atom. The molecule has 3 N–H and O–H groups in total. The fourth-order valence-electron chi connectivity index (χ4n) is 3.74. The van der Waals surface area contributed by atoms with Crippen molar-refractivity contribution in [2.75, 3.05) is 10.6 Å². The molecule has 0 aliphatic carbocycles. The van der Waals surface area contributed by atoms with E-state index in [0.29, 0.717) is 22.0 Å². The molecule has 0 radical (unpaired) electrons. The zero-order chi connectivity index (χ0) is 29.4. The quantitative estimate of drug-likeness (QED) is 0.141. The van der Waals surface area contributed by atoms with Crippen LogP contribution >= 0.6 is 23.4 Å². The van der Waals surface area contributed by atoms with E-state index in [4.69, 9.17) is 11.6 Å². The van der Waals surface area contributed by atoms with Gasteiger partial charge in [0, 0.05) is 32.4 Å². The molecule has 0 bridgehead atoms. The number of benzene rings is 4. The van der Waals surface area contributed by atoms with Gasteiger partial charge < -0.3 is 16.0 Å². The van der Waals surface area contributed by atoms with Crippen molar-refractivity contribution in [2.45, 2.75) is 24.0 Å². The first-order valence-corrected chi connectivity index (χ1v) is 13.9. The van der Waals surface area contributed by atoms with Crippen molar-refractivity contribution in [1.29, 1.82) is 0 Å². The number of hydrogen-bond donors (Lipinski definition) is 3. The second-order valence-corrected chi connectivity index (χ2v) is 10.9. The zero-order valence-corrected chi connectivity index (χ0v) is 23.9. The first-order chi connectivity index (χ1) is 19.7. The predicted octanol–water partition coefficient (Wildman–Crippen LogP) is 7.32. The summed E-state index contributed by atoms with van der Waals surface area (Å²) in [6.45, 7) is 3.64. The summed E-state index contributed by atoms with van der Waals surface area (Å²) < 4.78 is 14.3. The van der Waals surface area contributed by atoms with Crippen LogP contribution in [0.4, 0.5) is 15.8 Å². The Morgan fingerprint density at radius 2 is 1.54 bits per heavy atom. The number of carbonyl (C=O) groups excluding carboxylic acids is 3. The Labute approximate surface area is 247 Å². The summed E-state index contributed by atoms with van der Waals surface area (Å²) >= 11 is 7.51. The highest BCUT2D eigenvalue weighted by molar-refractivity contribution is 8.00. The number of amides is 3. The van der Waals surface area contributed by atoms with Gasteiger partial charge in [-0.25, -0.2) is 4.39 Å². The molecular weight excluding hydrogens is 561 g/mol. The second-order valence-electron chi connectivity index (χ2n) is 9.04. The van der Waals surface area contributed by atoms with Gasteiger partial charge in [-0.1, -0.05) is 54.1 Å². The molecule has 0 aliphatic heterocycles. The number of rotatable bonds is 9. The minimum Gasteiger partial charge on any atom is -0.325 e. The largest absolute Gasteiger partial charge is 0.325 e. The van der Waals surface area contributed by atoms with E-state index >= 15 is 0 Å². The average molecular weight is 588 g/mol. The molecule has 0 saturated heterocycles. The third-order valence-corrected chi connectivity index (χ3v) is 7.58. The predicted molar refractivity (Wildman–Crippen MR) is 163 cm³/mol. The molecule has 0 saturated carbocycles.